The molecule has 5 nitrogen and oxygen atoms in total. The molecule has 3 atom stereocenters. The van der Waals surface area contributed by atoms with Crippen molar-refractivity contribution in [3.63, 3.8) is 0 Å². The van der Waals surface area contributed by atoms with Gasteiger partial charge in [-0.2, -0.15) is 0 Å². The van der Waals surface area contributed by atoms with E-state index in [4.69, 9.17) is 11.6 Å². The highest BCUT2D eigenvalue weighted by Crippen LogP contribution is 2.30. The van der Waals surface area contributed by atoms with Crippen molar-refractivity contribution in [2.24, 2.45) is 5.92 Å². The van der Waals surface area contributed by atoms with Crippen LogP contribution in [0.5, 0.6) is 0 Å². The molecule has 1 fully saturated rings. The molecule has 0 saturated heterocycles. The van der Waals surface area contributed by atoms with E-state index in [-0.39, 0.29) is 23.2 Å². The number of sulfonamides is 1. The lowest BCUT2D eigenvalue weighted by atomic mass is 10.1. The van der Waals surface area contributed by atoms with E-state index in [2.05, 4.69) is 10.0 Å². The molecule has 24 heavy (non-hydrogen) atoms. The molecule has 1 saturated carbocycles. The lowest BCUT2D eigenvalue weighted by molar-refractivity contribution is 0.0937. The Bertz CT molecular complexity index is 671. The normalized spacial score (nSPS) is 24.8. The molecule has 0 heterocycles. The molecule has 2 rings (SSSR count). The average molecular weight is 373 g/mol. The Morgan fingerprint density at radius 3 is 2.42 bits per heavy atom. The highest BCUT2D eigenvalue weighted by molar-refractivity contribution is 7.90. The van der Waals surface area contributed by atoms with Crippen molar-refractivity contribution in [3.05, 3.63) is 35.9 Å². The van der Waals surface area contributed by atoms with E-state index in [1.165, 1.54) is 0 Å². The van der Waals surface area contributed by atoms with Gasteiger partial charge in [0.1, 0.15) is 0 Å². The number of amides is 1. The molecule has 7 heteroatoms. The Kier molecular flexibility index (Phi) is 5.94. The molecule has 0 radical (unpaired) electrons. The van der Waals surface area contributed by atoms with Gasteiger partial charge < -0.3 is 5.32 Å². The van der Waals surface area contributed by atoms with Gasteiger partial charge >= 0.3 is 0 Å². The zero-order valence-electron chi connectivity index (χ0n) is 14.3. The number of halogens is 1. The number of hydrogen-bond acceptors (Lipinski definition) is 3. The van der Waals surface area contributed by atoms with Crippen LogP contribution in [0, 0.1) is 5.92 Å². The van der Waals surface area contributed by atoms with Crippen LogP contribution in [0.2, 0.25) is 0 Å². The van der Waals surface area contributed by atoms with E-state index >= 15 is 0 Å². The number of alkyl halides is 1. The first-order chi connectivity index (χ1) is 11.1. The fourth-order valence-electron chi connectivity index (χ4n) is 2.69. The first-order valence-corrected chi connectivity index (χ1v) is 10.0. The summed E-state index contributed by atoms with van der Waals surface area (Å²) >= 11 is 6.35. The molecule has 1 aliphatic rings. The maximum absolute atomic E-state index is 12.2. The van der Waals surface area contributed by atoms with Crippen LogP contribution in [0.4, 0.5) is 0 Å². The van der Waals surface area contributed by atoms with Gasteiger partial charge in [-0.05, 0) is 51.7 Å². The van der Waals surface area contributed by atoms with Gasteiger partial charge in [0.2, 0.25) is 10.0 Å². The number of carbonyl (C=O) groups is 1. The molecular weight excluding hydrogens is 348 g/mol. The second-order valence-electron chi connectivity index (χ2n) is 7.26. The minimum atomic E-state index is -3.37. The van der Waals surface area contributed by atoms with E-state index in [9.17, 15) is 13.2 Å². The van der Waals surface area contributed by atoms with E-state index in [1.54, 1.807) is 32.9 Å². The van der Waals surface area contributed by atoms with E-state index < -0.39 is 14.8 Å². The molecule has 134 valence electrons. The average Bonchev–Trinajstić information content (AvgIpc) is 2.85. The van der Waals surface area contributed by atoms with Gasteiger partial charge in [0.15, 0.2) is 0 Å². The predicted molar refractivity (Wildman–Crippen MR) is 96.7 cm³/mol. The van der Waals surface area contributed by atoms with Gasteiger partial charge in [0, 0.05) is 18.2 Å². The van der Waals surface area contributed by atoms with Crippen molar-refractivity contribution in [2.45, 2.75) is 49.8 Å². The maximum atomic E-state index is 12.2. The fraction of sp³-hybridized carbons (Fsp3) is 0.588. The minimum absolute atomic E-state index is 0.116. The highest BCUT2D eigenvalue weighted by Gasteiger charge is 2.36. The predicted octanol–water partition coefficient (Wildman–Crippen LogP) is 2.52. The third-order valence-corrected chi connectivity index (χ3v) is 6.94. The second-order valence-corrected chi connectivity index (χ2v) is 10.3. The molecule has 0 aliphatic heterocycles. The minimum Gasteiger partial charge on any atom is -0.348 e. The second kappa shape index (κ2) is 7.42. The van der Waals surface area contributed by atoms with Crippen LogP contribution in [-0.2, 0) is 10.0 Å². The number of carbonyl (C=O) groups excluding carboxylic acids is 1. The highest BCUT2D eigenvalue weighted by atomic mass is 35.5. The van der Waals surface area contributed by atoms with Crippen molar-refractivity contribution in [1.82, 2.24) is 10.0 Å². The summed E-state index contributed by atoms with van der Waals surface area (Å²) in [5.41, 5.74) is 0.596. The van der Waals surface area contributed by atoms with Crippen molar-refractivity contribution in [2.75, 3.05) is 6.54 Å². The molecule has 0 spiro atoms. The van der Waals surface area contributed by atoms with Gasteiger partial charge in [0.05, 0.1) is 10.1 Å². The zero-order valence-corrected chi connectivity index (χ0v) is 15.8. The quantitative estimate of drug-likeness (QED) is 0.780. The Hall–Kier alpha value is -1.11. The molecule has 0 aromatic heterocycles. The summed E-state index contributed by atoms with van der Waals surface area (Å²) < 4.78 is 26.1. The zero-order chi connectivity index (χ0) is 18.0. The summed E-state index contributed by atoms with van der Waals surface area (Å²) in [5, 5.41) is 2.76. The van der Waals surface area contributed by atoms with Crippen molar-refractivity contribution >= 4 is 27.5 Å². The van der Waals surface area contributed by atoms with Crippen LogP contribution in [0.3, 0.4) is 0 Å². The Labute approximate surface area is 149 Å². The number of nitrogens with one attached hydrogen (secondary N) is 2. The standard InChI is InChI=1S/C17H25ClN2O3S/c1-17(2,3)24(22,23)19-11-12-9-14(18)15(10-12)20-16(21)13-7-5-4-6-8-13/h4-8,12,14-15,19H,9-11H2,1-3H3,(H,20,21). The largest absolute Gasteiger partial charge is 0.348 e. The van der Waals surface area contributed by atoms with Gasteiger partial charge in [-0.15, -0.1) is 11.6 Å². The molecule has 1 aliphatic carbocycles. The first-order valence-electron chi connectivity index (χ1n) is 8.09. The molecule has 1 aromatic rings. The van der Waals surface area contributed by atoms with Crippen LogP contribution >= 0.6 is 11.6 Å². The van der Waals surface area contributed by atoms with E-state index in [1.807, 2.05) is 18.2 Å². The van der Waals surface area contributed by atoms with Crippen LogP contribution in [0.15, 0.2) is 30.3 Å². The summed E-state index contributed by atoms with van der Waals surface area (Å²) in [6.45, 7) is 5.34. The third kappa shape index (κ3) is 4.71. The SMILES string of the molecule is CC(C)(C)S(=O)(=O)NCC1CC(Cl)C(NC(=O)c2ccccc2)C1. The van der Waals surface area contributed by atoms with Gasteiger partial charge in [-0.1, -0.05) is 18.2 Å². The summed E-state index contributed by atoms with van der Waals surface area (Å²) in [5.74, 6) is -0.0344. The molecule has 0 bridgehead atoms. The lowest BCUT2D eigenvalue weighted by Crippen LogP contribution is -2.41. The van der Waals surface area contributed by atoms with Crippen LogP contribution in [0.25, 0.3) is 0 Å². The van der Waals surface area contributed by atoms with Crippen LogP contribution in [0.1, 0.15) is 44.0 Å². The third-order valence-electron chi connectivity index (χ3n) is 4.30. The van der Waals surface area contributed by atoms with Crippen molar-refractivity contribution in [3.8, 4) is 0 Å². The Morgan fingerprint density at radius 1 is 1.21 bits per heavy atom. The summed E-state index contributed by atoms with van der Waals surface area (Å²) in [6, 6.07) is 8.83. The monoisotopic (exact) mass is 372 g/mol. The van der Waals surface area contributed by atoms with Crippen molar-refractivity contribution < 1.29 is 13.2 Å². The van der Waals surface area contributed by atoms with Crippen LogP contribution < -0.4 is 10.0 Å². The maximum Gasteiger partial charge on any atom is 0.251 e. The molecule has 3 unspecified atom stereocenters. The summed E-state index contributed by atoms with van der Waals surface area (Å²) in [4.78, 5) is 12.2. The summed E-state index contributed by atoms with van der Waals surface area (Å²) in [6.07, 6.45) is 1.34. The molecule has 1 aromatic carbocycles. The first kappa shape index (κ1) is 19.2. The molecular formula is C17H25ClN2O3S. The molecule has 1 amide bonds. The van der Waals surface area contributed by atoms with Gasteiger partial charge in [-0.25, -0.2) is 13.1 Å². The fourth-order valence-corrected chi connectivity index (χ4v) is 3.99. The van der Waals surface area contributed by atoms with Gasteiger partial charge in [0.25, 0.3) is 5.91 Å². The topological polar surface area (TPSA) is 75.3 Å². The number of benzene rings is 1. The Morgan fingerprint density at radius 2 is 1.83 bits per heavy atom. The number of hydrogen-bond donors (Lipinski definition) is 2. The van der Waals surface area contributed by atoms with Gasteiger partial charge in [-0.3, -0.25) is 4.79 Å². The smallest absolute Gasteiger partial charge is 0.251 e. The number of rotatable bonds is 5. The molecule has 2 N–H and O–H groups in total. The van der Waals surface area contributed by atoms with Crippen LogP contribution in [-0.4, -0.2) is 37.0 Å². The summed E-state index contributed by atoms with van der Waals surface area (Å²) in [7, 11) is -3.37. The Balaban J connectivity index is 1.90. The lowest BCUT2D eigenvalue weighted by Gasteiger charge is -2.21. The van der Waals surface area contributed by atoms with Crippen molar-refractivity contribution in [1.29, 1.82) is 0 Å². The van der Waals surface area contributed by atoms with E-state index in [0.29, 0.717) is 24.9 Å². The van der Waals surface area contributed by atoms with E-state index in [0.717, 1.165) is 0 Å².